The van der Waals surface area contributed by atoms with Gasteiger partial charge in [0.05, 0.1) is 7.11 Å². The first-order valence-electron chi connectivity index (χ1n) is 8.70. The number of hydrogen-bond donors (Lipinski definition) is 1. The Balaban J connectivity index is 1.68. The van der Waals surface area contributed by atoms with E-state index < -0.39 is 0 Å². The van der Waals surface area contributed by atoms with Crippen molar-refractivity contribution in [2.24, 2.45) is 0 Å². The SMILES string of the molecule is COC1CC(C)c2ccc(Oc3ccc(NC(=O)N(C)OC)cc3)cc2O1. The Morgan fingerprint density at radius 1 is 1.15 bits per heavy atom. The van der Waals surface area contributed by atoms with Crippen molar-refractivity contribution in [3.8, 4) is 17.2 Å². The van der Waals surface area contributed by atoms with Crippen molar-refractivity contribution in [2.45, 2.75) is 25.6 Å². The predicted octanol–water partition coefficient (Wildman–Crippen LogP) is 4.36. The van der Waals surface area contributed by atoms with Crippen molar-refractivity contribution in [1.82, 2.24) is 5.06 Å². The van der Waals surface area contributed by atoms with Gasteiger partial charge < -0.3 is 19.5 Å². The van der Waals surface area contributed by atoms with Crippen LogP contribution < -0.4 is 14.8 Å². The number of rotatable bonds is 5. The van der Waals surface area contributed by atoms with Gasteiger partial charge in [0.2, 0.25) is 0 Å². The lowest BCUT2D eigenvalue weighted by molar-refractivity contribution is -0.0703. The lowest BCUT2D eigenvalue weighted by Crippen LogP contribution is -2.30. The standard InChI is InChI=1S/C20H24N2O5/c1-13-11-19(24-3)27-18-12-16(9-10-17(13)18)26-15-7-5-14(6-8-15)21-20(23)22(2)25-4/h5-10,12-13,19H,11H2,1-4H3,(H,21,23). The molecule has 2 unspecified atom stereocenters. The molecule has 0 radical (unpaired) electrons. The molecule has 27 heavy (non-hydrogen) atoms. The van der Waals surface area contributed by atoms with Gasteiger partial charge in [-0.1, -0.05) is 13.0 Å². The molecule has 0 spiro atoms. The molecule has 1 aliphatic heterocycles. The Bertz CT molecular complexity index is 793. The summed E-state index contributed by atoms with van der Waals surface area (Å²) in [5.41, 5.74) is 1.79. The van der Waals surface area contributed by atoms with Crippen LogP contribution in [0.15, 0.2) is 42.5 Å². The molecule has 144 valence electrons. The average Bonchev–Trinajstić information content (AvgIpc) is 2.68. The van der Waals surface area contributed by atoms with E-state index in [1.165, 1.54) is 14.2 Å². The molecule has 0 saturated carbocycles. The normalized spacial score (nSPS) is 18.2. The van der Waals surface area contributed by atoms with Crippen LogP contribution in [-0.4, -0.2) is 38.7 Å². The van der Waals surface area contributed by atoms with E-state index in [2.05, 4.69) is 12.2 Å². The van der Waals surface area contributed by atoms with E-state index in [0.29, 0.717) is 23.1 Å². The molecule has 0 fully saturated rings. The highest BCUT2D eigenvalue weighted by molar-refractivity contribution is 5.88. The summed E-state index contributed by atoms with van der Waals surface area (Å²) < 4.78 is 17.1. The number of hydroxylamine groups is 2. The van der Waals surface area contributed by atoms with Gasteiger partial charge >= 0.3 is 6.03 Å². The summed E-state index contributed by atoms with van der Waals surface area (Å²) in [4.78, 5) is 16.6. The number of nitrogens with zero attached hydrogens (tertiary/aromatic N) is 1. The monoisotopic (exact) mass is 372 g/mol. The molecule has 7 nitrogen and oxygen atoms in total. The Labute approximate surface area is 158 Å². The number of carbonyl (C=O) groups is 1. The summed E-state index contributed by atoms with van der Waals surface area (Å²) >= 11 is 0. The number of benzene rings is 2. The molecule has 1 heterocycles. The third kappa shape index (κ3) is 4.50. The number of fused-ring (bicyclic) bond motifs is 1. The maximum absolute atomic E-state index is 11.8. The van der Waals surface area contributed by atoms with Gasteiger partial charge in [0.25, 0.3) is 0 Å². The van der Waals surface area contributed by atoms with Crippen molar-refractivity contribution in [1.29, 1.82) is 0 Å². The fourth-order valence-electron chi connectivity index (χ4n) is 2.86. The van der Waals surface area contributed by atoms with Gasteiger partial charge in [-0.3, -0.25) is 4.84 Å². The summed E-state index contributed by atoms with van der Waals surface area (Å²) in [5, 5.41) is 3.82. The van der Waals surface area contributed by atoms with Gasteiger partial charge in [-0.25, -0.2) is 9.86 Å². The van der Waals surface area contributed by atoms with Crippen molar-refractivity contribution in [2.75, 3.05) is 26.6 Å². The van der Waals surface area contributed by atoms with Crippen LogP contribution in [0.1, 0.15) is 24.8 Å². The smallest absolute Gasteiger partial charge is 0.345 e. The first-order chi connectivity index (χ1) is 13.0. The van der Waals surface area contributed by atoms with Gasteiger partial charge in [0.15, 0.2) is 6.29 Å². The van der Waals surface area contributed by atoms with E-state index in [1.54, 1.807) is 31.4 Å². The van der Waals surface area contributed by atoms with Gasteiger partial charge in [0.1, 0.15) is 17.2 Å². The number of ether oxygens (including phenoxy) is 3. The lowest BCUT2D eigenvalue weighted by atomic mass is 9.94. The van der Waals surface area contributed by atoms with Crippen LogP contribution in [0.2, 0.25) is 0 Å². The highest BCUT2D eigenvalue weighted by atomic mass is 16.7. The number of hydrogen-bond acceptors (Lipinski definition) is 5. The van der Waals surface area contributed by atoms with Crippen molar-refractivity contribution in [3.63, 3.8) is 0 Å². The zero-order chi connectivity index (χ0) is 19.4. The van der Waals surface area contributed by atoms with E-state index in [9.17, 15) is 4.79 Å². The second-order valence-corrected chi connectivity index (χ2v) is 6.36. The predicted molar refractivity (Wildman–Crippen MR) is 101 cm³/mol. The third-order valence-corrected chi connectivity index (χ3v) is 4.48. The van der Waals surface area contributed by atoms with Crippen LogP contribution in [0.5, 0.6) is 17.2 Å². The zero-order valence-electron chi connectivity index (χ0n) is 15.9. The van der Waals surface area contributed by atoms with Crippen LogP contribution in [-0.2, 0) is 9.57 Å². The number of anilines is 1. The molecule has 1 aliphatic rings. The number of methoxy groups -OCH3 is 1. The van der Waals surface area contributed by atoms with Crippen LogP contribution in [0.25, 0.3) is 0 Å². The second-order valence-electron chi connectivity index (χ2n) is 6.36. The highest BCUT2D eigenvalue weighted by Crippen LogP contribution is 2.39. The van der Waals surface area contributed by atoms with Crippen LogP contribution in [0.3, 0.4) is 0 Å². The molecular weight excluding hydrogens is 348 g/mol. The number of urea groups is 1. The molecule has 0 aromatic heterocycles. The minimum absolute atomic E-state index is 0.240. The van der Waals surface area contributed by atoms with Gasteiger partial charge in [-0.15, -0.1) is 0 Å². The third-order valence-electron chi connectivity index (χ3n) is 4.48. The molecular formula is C20H24N2O5. The minimum atomic E-state index is -0.361. The number of carbonyl (C=O) groups excluding carboxylic acids is 1. The number of nitrogens with one attached hydrogen (secondary N) is 1. The maximum atomic E-state index is 11.8. The van der Waals surface area contributed by atoms with Crippen LogP contribution in [0, 0.1) is 0 Å². The first kappa shape index (κ1) is 19.0. The van der Waals surface area contributed by atoms with Crippen molar-refractivity contribution < 1.29 is 23.8 Å². The van der Waals surface area contributed by atoms with Crippen molar-refractivity contribution in [3.05, 3.63) is 48.0 Å². The van der Waals surface area contributed by atoms with E-state index in [4.69, 9.17) is 19.0 Å². The molecule has 2 atom stereocenters. The minimum Gasteiger partial charge on any atom is -0.465 e. The van der Waals surface area contributed by atoms with E-state index >= 15 is 0 Å². The fraction of sp³-hybridized carbons (Fsp3) is 0.350. The topological polar surface area (TPSA) is 69.3 Å². The molecule has 2 amide bonds. The van der Waals surface area contributed by atoms with Crippen LogP contribution in [0.4, 0.5) is 10.5 Å². The van der Waals surface area contributed by atoms with E-state index in [-0.39, 0.29) is 12.3 Å². The summed E-state index contributed by atoms with van der Waals surface area (Å²) in [7, 11) is 4.60. The Hall–Kier alpha value is -2.77. The zero-order valence-corrected chi connectivity index (χ0v) is 15.9. The summed E-state index contributed by atoms with van der Waals surface area (Å²) in [6.45, 7) is 2.15. The van der Waals surface area contributed by atoms with Gasteiger partial charge in [0, 0.05) is 32.3 Å². The molecule has 0 saturated heterocycles. The second kappa shape index (κ2) is 8.28. The molecule has 2 aromatic rings. The van der Waals surface area contributed by atoms with Crippen LogP contribution >= 0.6 is 0 Å². The quantitative estimate of drug-likeness (QED) is 0.790. The summed E-state index contributed by atoms with van der Waals surface area (Å²) in [5.74, 6) is 2.47. The Morgan fingerprint density at radius 3 is 2.52 bits per heavy atom. The number of amides is 2. The molecule has 1 N–H and O–H groups in total. The first-order valence-corrected chi connectivity index (χ1v) is 8.70. The lowest BCUT2D eigenvalue weighted by Gasteiger charge is -2.29. The molecule has 3 rings (SSSR count). The largest absolute Gasteiger partial charge is 0.465 e. The molecule has 0 bridgehead atoms. The molecule has 7 heteroatoms. The summed E-state index contributed by atoms with van der Waals surface area (Å²) in [6.07, 6.45) is 0.589. The van der Waals surface area contributed by atoms with E-state index in [0.717, 1.165) is 22.8 Å². The molecule has 2 aromatic carbocycles. The maximum Gasteiger partial charge on any atom is 0.345 e. The van der Waals surface area contributed by atoms with Crippen molar-refractivity contribution >= 4 is 11.7 Å². The Kier molecular flexibility index (Phi) is 5.83. The highest BCUT2D eigenvalue weighted by Gasteiger charge is 2.25. The van der Waals surface area contributed by atoms with Gasteiger partial charge in [-0.2, -0.15) is 0 Å². The molecule has 0 aliphatic carbocycles. The summed E-state index contributed by atoms with van der Waals surface area (Å²) in [6, 6.07) is 12.5. The Morgan fingerprint density at radius 2 is 1.85 bits per heavy atom. The fourth-order valence-corrected chi connectivity index (χ4v) is 2.86. The van der Waals surface area contributed by atoms with E-state index in [1.807, 2.05) is 18.2 Å². The average molecular weight is 372 g/mol. The van der Waals surface area contributed by atoms with Gasteiger partial charge in [-0.05, 0) is 41.8 Å².